The van der Waals surface area contributed by atoms with Crippen molar-refractivity contribution in [3.63, 3.8) is 0 Å². The Morgan fingerprint density at radius 1 is 0.964 bits per heavy atom. The lowest BCUT2D eigenvalue weighted by molar-refractivity contribution is 0.104. The van der Waals surface area contributed by atoms with Gasteiger partial charge in [0.2, 0.25) is 5.78 Å². The molecule has 0 aliphatic carbocycles. The number of carbonyl (C=O) groups excluding carboxylic acids is 1. The van der Waals surface area contributed by atoms with Crippen LogP contribution in [0.15, 0.2) is 83.8 Å². The van der Waals surface area contributed by atoms with E-state index in [2.05, 4.69) is 24.0 Å². The van der Waals surface area contributed by atoms with Crippen LogP contribution in [0, 0.1) is 11.8 Å². The number of hydrogen-bond donors (Lipinski definition) is 0. The monoisotopic (exact) mass is 381 g/mol. The second kappa shape index (κ2) is 8.21. The van der Waals surface area contributed by atoms with Crippen molar-refractivity contribution in [1.29, 1.82) is 0 Å². The van der Waals surface area contributed by atoms with Crippen LogP contribution in [0.2, 0.25) is 0 Å². The lowest BCUT2D eigenvalue weighted by atomic mass is 10.0. The predicted octanol–water partition coefficient (Wildman–Crippen LogP) is 5.60. The SMILES string of the molecule is CN1S/C(=C/c2ccccc2)C(=O)c2cc(C#CCc3ccccc3)ccc21. The molecule has 0 aromatic heterocycles. The van der Waals surface area contributed by atoms with E-state index in [-0.39, 0.29) is 5.78 Å². The van der Waals surface area contributed by atoms with Crippen LogP contribution in [0.5, 0.6) is 0 Å². The van der Waals surface area contributed by atoms with Gasteiger partial charge in [-0.15, -0.1) is 0 Å². The Morgan fingerprint density at radius 3 is 2.43 bits per heavy atom. The van der Waals surface area contributed by atoms with Gasteiger partial charge in [-0.05, 0) is 47.3 Å². The van der Waals surface area contributed by atoms with Crippen LogP contribution in [-0.2, 0) is 6.42 Å². The van der Waals surface area contributed by atoms with Crippen LogP contribution in [-0.4, -0.2) is 12.8 Å². The fraction of sp³-hybridized carbons (Fsp3) is 0.0800. The van der Waals surface area contributed by atoms with E-state index in [9.17, 15) is 4.79 Å². The zero-order chi connectivity index (χ0) is 19.3. The molecule has 0 fully saturated rings. The van der Waals surface area contributed by atoms with Gasteiger partial charge >= 0.3 is 0 Å². The first-order valence-corrected chi connectivity index (χ1v) is 9.88. The van der Waals surface area contributed by atoms with Gasteiger partial charge < -0.3 is 4.31 Å². The molecule has 0 atom stereocenters. The number of nitrogens with zero attached hydrogens (tertiary/aromatic N) is 1. The van der Waals surface area contributed by atoms with Crippen molar-refractivity contribution in [2.24, 2.45) is 0 Å². The first-order valence-electron chi connectivity index (χ1n) is 9.11. The Bertz CT molecular complexity index is 1090. The molecule has 0 radical (unpaired) electrons. The minimum Gasteiger partial charge on any atom is -0.314 e. The lowest BCUT2D eigenvalue weighted by Gasteiger charge is -2.27. The van der Waals surface area contributed by atoms with Gasteiger partial charge in [0.1, 0.15) is 0 Å². The summed E-state index contributed by atoms with van der Waals surface area (Å²) in [5.74, 6) is 6.45. The van der Waals surface area contributed by atoms with Crippen LogP contribution < -0.4 is 4.31 Å². The molecule has 136 valence electrons. The molecule has 1 aliphatic rings. The van der Waals surface area contributed by atoms with Crippen molar-refractivity contribution in [3.05, 3.63) is 106 Å². The number of Topliss-reactive ketones (excluding diaryl/α,β-unsaturated/α-hetero) is 1. The van der Waals surface area contributed by atoms with Gasteiger partial charge in [0.05, 0.1) is 10.6 Å². The van der Waals surface area contributed by atoms with E-state index >= 15 is 0 Å². The number of rotatable bonds is 2. The Labute approximate surface area is 170 Å². The molecule has 4 rings (SSSR count). The molecular weight excluding hydrogens is 362 g/mol. The number of ketones is 1. The highest BCUT2D eigenvalue weighted by atomic mass is 32.2. The van der Waals surface area contributed by atoms with Gasteiger partial charge in [-0.1, -0.05) is 72.5 Å². The summed E-state index contributed by atoms with van der Waals surface area (Å²) in [4.78, 5) is 13.8. The standard InChI is InChI=1S/C25H19NOS/c1-26-23-16-15-21(14-8-13-19-9-4-2-5-10-19)17-22(23)25(27)24(28-26)18-20-11-6-3-7-12-20/h2-7,9-12,15-18H,13H2,1H3/b24-18+. The van der Waals surface area contributed by atoms with Crippen molar-refractivity contribution in [2.75, 3.05) is 11.4 Å². The summed E-state index contributed by atoms with van der Waals surface area (Å²) >= 11 is 1.46. The van der Waals surface area contributed by atoms with Gasteiger partial charge in [0.25, 0.3) is 0 Å². The van der Waals surface area contributed by atoms with E-state index in [0.29, 0.717) is 12.0 Å². The number of anilines is 1. The second-order valence-electron chi connectivity index (χ2n) is 6.53. The van der Waals surface area contributed by atoms with Crippen molar-refractivity contribution < 1.29 is 4.79 Å². The van der Waals surface area contributed by atoms with Crippen LogP contribution in [0.3, 0.4) is 0 Å². The zero-order valence-corrected chi connectivity index (χ0v) is 16.4. The molecule has 0 amide bonds. The number of fused-ring (bicyclic) bond motifs is 1. The summed E-state index contributed by atoms with van der Waals surface area (Å²) in [5, 5.41) is 0. The van der Waals surface area contributed by atoms with Gasteiger partial charge in [0, 0.05) is 24.6 Å². The van der Waals surface area contributed by atoms with Gasteiger partial charge in [0.15, 0.2) is 0 Å². The summed E-state index contributed by atoms with van der Waals surface area (Å²) in [5.41, 5.74) is 4.70. The van der Waals surface area contributed by atoms with E-state index in [1.54, 1.807) is 0 Å². The van der Waals surface area contributed by atoms with Crippen molar-refractivity contribution in [2.45, 2.75) is 6.42 Å². The second-order valence-corrected chi connectivity index (χ2v) is 7.70. The molecule has 0 bridgehead atoms. The van der Waals surface area contributed by atoms with Crippen molar-refractivity contribution in [3.8, 4) is 11.8 Å². The molecule has 1 heterocycles. The van der Waals surface area contributed by atoms with E-state index in [4.69, 9.17) is 0 Å². The van der Waals surface area contributed by atoms with Crippen LogP contribution in [0.4, 0.5) is 5.69 Å². The molecule has 0 unspecified atom stereocenters. The fourth-order valence-electron chi connectivity index (χ4n) is 3.08. The van der Waals surface area contributed by atoms with E-state index in [1.807, 2.05) is 84.2 Å². The molecule has 1 aliphatic heterocycles. The van der Waals surface area contributed by atoms with Crippen LogP contribution in [0.1, 0.15) is 27.0 Å². The average Bonchev–Trinajstić information content (AvgIpc) is 2.73. The number of hydrogen-bond acceptors (Lipinski definition) is 3. The number of benzene rings is 3. The highest BCUT2D eigenvalue weighted by molar-refractivity contribution is 8.05. The minimum absolute atomic E-state index is 0.0497. The minimum atomic E-state index is 0.0497. The summed E-state index contributed by atoms with van der Waals surface area (Å²) < 4.78 is 2.03. The number of allylic oxidation sites excluding steroid dienone is 1. The molecular formula is C25H19NOS. The van der Waals surface area contributed by atoms with Gasteiger partial charge in [-0.3, -0.25) is 4.79 Å². The molecule has 3 aromatic carbocycles. The molecule has 0 N–H and O–H groups in total. The summed E-state index contributed by atoms with van der Waals surface area (Å²) in [7, 11) is 1.98. The third-order valence-corrected chi connectivity index (χ3v) is 5.48. The highest BCUT2D eigenvalue weighted by Crippen LogP contribution is 2.39. The van der Waals surface area contributed by atoms with Gasteiger partial charge in [-0.2, -0.15) is 0 Å². The van der Waals surface area contributed by atoms with E-state index < -0.39 is 0 Å². The maximum atomic E-state index is 13.1. The van der Waals surface area contributed by atoms with Crippen LogP contribution in [0.25, 0.3) is 6.08 Å². The maximum Gasteiger partial charge on any atom is 0.203 e. The Balaban J connectivity index is 1.61. The Kier molecular flexibility index (Phi) is 5.32. The van der Waals surface area contributed by atoms with E-state index in [1.165, 1.54) is 17.5 Å². The fourth-order valence-corrected chi connectivity index (χ4v) is 4.01. The number of carbonyl (C=O) groups is 1. The third kappa shape index (κ3) is 4.03. The van der Waals surface area contributed by atoms with Crippen LogP contribution >= 0.6 is 11.9 Å². The summed E-state index contributed by atoms with van der Waals surface area (Å²) in [6, 6.07) is 26.0. The first kappa shape index (κ1) is 18.2. The normalized spacial score (nSPS) is 14.4. The summed E-state index contributed by atoms with van der Waals surface area (Å²) in [6.07, 6.45) is 2.64. The quantitative estimate of drug-likeness (QED) is 0.327. The van der Waals surface area contributed by atoms with E-state index in [0.717, 1.165) is 21.7 Å². The van der Waals surface area contributed by atoms with Crippen molar-refractivity contribution >= 4 is 29.5 Å². The Morgan fingerprint density at radius 2 is 1.68 bits per heavy atom. The first-order chi connectivity index (χ1) is 13.7. The smallest absolute Gasteiger partial charge is 0.203 e. The van der Waals surface area contributed by atoms with Crippen molar-refractivity contribution in [1.82, 2.24) is 0 Å². The topological polar surface area (TPSA) is 20.3 Å². The predicted molar refractivity (Wildman–Crippen MR) is 118 cm³/mol. The molecule has 3 aromatic rings. The average molecular weight is 382 g/mol. The summed E-state index contributed by atoms with van der Waals surface area (Å²) in [6.45, 7) is 0. The maximum absolute atomic E-state index is 13.1. The molecule has 0 saturated heterocycles. The molecule has 2 nitrogen and oxygen atoms in total. The molecule has 3 heteroatoms. The molecule has 0 saturated carbocycles. The Hall–Kier alpha value is -3.22. The zero-order valence-electron chi connectivity index (χ0n) is 15.6. The lowest BCUT2D eigenvalue weighted by Crippen LogP contribution is -2.20. The largest absolute Gasteiger partial charge is 0.314 e. The highest BCUT2D eigenvalue weighted by Gasteiger charge is 2.26. The molecule has 0 spiro atoms. The van der Waals surface area contributed by atoms with Gasteiger partial charge in [-0.25, -0.2) is 0 Å². The molecule has 28 heavy (non-hydrogen) atoms. The third-order valence-electron chi connectivity index (χ3n) is 4.50.